The van der Waals surface area contributed by atoms with E-state index in [4.69, 9.17) is 9.47 Å². The summed E-state index contributed by atoms with van der Waals surface area (Å²) < 4.78 is 25.1. The van der Waals surface area contributed by atoms with Crippen LogP contribution in [0.25, 0.3) is 11.1 Å². The first kappa shape index (κ1) is 29.3. The van der Waals surface area contributed by atoms with Gasteiger partial charge in [-0.15, -0.1) is 0 Å². The highest BCUT2D eigenvalue weighted by molar-refractivity contribution is 5.94. The van der Waals surface area contributed by atoms with Gasteiger partial charge in [0.25, 0.3) is 5.91 Å². The molecule has 1 aromatic heterocycles. The summed E-state index contributed by atoms with van der Waals surface area (Å²) in [5, 5.41) is 6.75. The van der Waals surface area contributed by atoms with Gasteiger partial charge < -0.3 is 19.7 Å². The summed E-state index contributed by atoms with van der Waals surface area (Å²) in [4.78, 5) is 39.3. The zero-order valence-corrected chi connectivity index (χ0v) is 23.2. The number of carbonyl (C=O) groups excluding carboxylic acids is 3. The number of halogens is 1. The smallest absolute Gasteiger partial charge is 0.435 e. The summed E-state index contributed by atoms with van der Waals surface area (Å²) in [5.41, 5.74) is 1.33. The summed E-state index contributed by atoms with van der Waals surface area (Å²) in [6.07, 6.45) is 1.95. The van der Waals surface area contributed by atoms with Crippen molar-refractivity contribution in [2.45, 2.75) is 59.3 Å². The zero-order valence-electron chi connectivity index (χ0n) is 23.2. The SMILES string of the molecule is CC(C)(C)OC(=O)NCCN(Cc1ccc(F)cc1)C(=O)c1ccc(-c2cnn(C(=O)OC(C)(C)C)c2)cc1. The number of hydrogen-bond donors (Lipinski definition) is 1. The number of nitrogens with zero attached hydrogens (tertiary/aromatic N) is 3. The van der Waals surface area contributed by atoms with Gasteiger partial charge in [0, 0.05) is 37.0 Å². The molecule has 9 nitrogen and oxygen atoms in total. The second-order valence-corrected chi connectivity index (χ2v) is 11.0. The largest absolute Gasteiger partial charge is 0.444 e. The van der Waals surface area contributed by atoms with Crippen LogP contribution in [-0.2, 0) is 16.0 Å². The van der Waals surface area contributed by atoms with E-state index in [1.807, 2.05) is 0 Å². The lowest BCUT2D eigenvalue weighted by Gasteiger charge is -2.24. The minimum absolute atomic E-state index is 0.170. The minimum atomic E-state index is -0.645. The second kappa shape index (κ2) is 12.1. The first-order chi connectivity index (χ1) is 18.2. The highest BCUT2D eigenvalue weighted by Crippen LogP contribution is 2.21. The van der Waals surface area contributed by atoms with E-state index < -0.39 is 23.4 Å². The Morgan fingerprint density at radius 3 is 2.10 bits per heavy atom. The van der Waals surface area contributed by atoms with E-state index in [0.717, 1.165) is 15.8 Å². The molecule has 1 N–H and O–H groups in total. The van der Waals surface area contributed by atoms with Crippen LogP contribution in [0, 0.1) is 5.82 Å². The Morgan fingerprint density at radius 2 is 1.51 bits per heavy atom. The first-order valence-electron chi connectivity index (χ1n) is 12.6. The van der Waals surface area contributed by atoms with Crippen LogP contribution < -0.4 is 5.32 Å². The third-order valence-electron chi connectivity index (χ3n) is 5.25. The standard InChI is InChI=1S/C29H35FN4O5/c1-28(2,3)38-26(36)31-15-16-33(18-20-7-13-24(30)14-8-20)25(35)22-11-9-21(10-12-22)23-17-32-34(19-23)27(37)39-29(4,5)6/h7-14,17,19H,15-16,18H2,1-6H3,(H,31,36). The molecule has 0 atom stereocenters. The lowest BCUT2D eigenvalue weighted by Crippen LogP contribution is -2.40. The number of amides is 2. The molecule has 0 spiro atoms. The Hall–Kier alpha value is -4.21. The number of benzene rings is 2. The molecule has 0 fully saturated rings. The Bertz CT molecular complexity index is 1290. The van der Waals surface area contributed by atoms with Crippen LogP contribution in [-0.4, -0.2) is 57.1 Å². The van der Waals surface area contributed by atoms with Crippen LogP contribution in [0.1, 0.15) is 57.5 Å². The number of aromatic nitrogens is 2. The molecule has 208 valence electrons. The van der Waals surface area contributed by atoms with Crippen molar-refractivity contribution in [1.29, 1.82) is 0 Å². The maximum Gasteiger partial charge on any atom is 0.435 e. The fourth-order valence-corrected chi connectivity index (χ4v) is 3.54. The Morgan fingerprint density at radius 1 is 0.897 bits per heavy atom. The monoisotopic (exact) mass is 538 g/mol. The number of carbonyl (C=O) groups is 3. The zero-order chi connectivity index (χ0) is 28.8. The fraction of sp³-hybridized carbons (Fsp3) is 0.379. The molecule has 0 radical (unpaired) electrons. The van der Waals surface area contributed by atoms with Crippen molar-refractivity contribution in [2.75, 3.05) is 13.1 Å². The van der Waals surface area contributed by atoms with E-state index in [0.29, 0.717) is 11.1 Å². The van der Waals surface area contributed by atoms with E-state index in [2.05, 4.69) is 10.4 Å². The lowest BCUT2D eigenvalue weighted by atomic mass is 10.1. The van der Waals surface area contributed by atoms with Gasteiger partial charge in [-0.25, -0.2) is 14.0 Å². The molecule has 0 saturated heterocycles. The van der Waals surface area contributed by atoms with Gasteiger partial charge in [0.1, 0.15) is 17.0 Å². The Labute approximate surface area is 227 Å². The average molecular weight is 539 g/mol. The van der Waals surface area contributed by atoms with Crippen LogP contribution in [0.15, 0.2) is 60.9 Å². The highest BCUT2D eigenvalue weighted by Gasteiger charge is 2.21. The molecule has 3 rings (SSSR count). The molecule has 0 aliphatic carbocycles. The third kappa shape index (κ3) is 9.24. The van der Waals surface area contributed by atoms with Crippen molar-refractivity contribution >= 4 is 18.1 Å². The van der Waals surface area contributed by atoms with Crippen molar-refractivity contribution < 1.29 is 28.2 Å². The van der Waals surface area contributed by atoms with Gasteiger partial charge >= 0.3 is 12.2 Å². The minimum Gasteiger partial charge on any atom is -0.444 e. The first-order valence-corrected chi connectivity index (χ1v) is 12.6. The molecule has 10 heteroatoms. The van der Waals surface area contributed by atoms with E-state index in [1.165, 1.54) is 12.1 Å². The average Bonchev–Trinajstić information content (AvgIpc) is 3.33. The van der Waals surface area contributed by atoms with Crippen LogP contribution in [0.2, 0.25) is 0 Å². The van der Waals surface area contributed by atoms with Crippen LogP contribution >= 0.6 is 0 Å². The quantitative estimate of drug-likeness (QED) is 0.418. The van der Waals surface area contributed by atoms with Crippen LogP contribution in [0.5, 0.6) is 0 Å². The topological polar surface area (TPSA) is 103 Å². The van der Waals surface area contributed by atoms with E-state index in [9.17, 15) is 18.8 Å². The van der Waals surface area contributed by atoms with Crippen LogP contribution in [0.3, 0.4) is 0 Å². The van der Waals surface area contributed by atoms with Crippen molar-refractivity contribution in [2.24, 2.45) is 0 Å². The molecule has 2 amide bonds. The molecule has 0 bridgehead atoms. The Balaban J connectivity index is 1.72. The summed E-state index contributed by atoms with van der Waals surface area (Å²) in [6, 6.07) is 12.8. The third-order valence-corrected chi connectivity index (χ3v) is 5.25. The van der Waals surface area contributed by atoms with Crippen molar-refractivity contribution in [3.63, 3.8) is 0 Å². The number of hydrogen-bond acceptors (Lipinski definition) is 6. The van der Waals surface area contributed by atoms with Gasteiger partial charge in [-0.1, -0.05) is 24.3 Å². The van der Waals surface area contributed by atoms with E-state index in [1.54, 1.807) is 95.2 Å². The van der Waals surface area contributed by atoms with E-state index >= 15 is 0 Å². The number of alkyl carbamates (subject to hydrolysis) is 1. The summed E-state index contributed by atoms with van der Waals surface area (Å²) in [6.45, 7) is 11.2. The van der Waals surface area contributed by atoms with Gasteiger partial charge in [0.05, 0.1) is 6.20 Å². The Kier molecular flexibility index (Phi) is 9.11. The highest BCUT2D eigenvalue weighted by atomic mass is 19.1. The lowest BCUT2D eigenvalue weighted by molar-refractivity contribution is 0.0504. The maximum absolute atomic E-state index is 13.4. The van der Waals surface area contributed by atoms with Crippen molar-refractivity contribution in [1.82, 2.24) is 20.0 Å². The van der Waals surface area contributed by atoms with Gasteiger partial charge in [-0.3, -0.25) is 4.79 Å². The van der Waals surface area contributed by atoms with Gasteiger partial charge in [-0.05, 0) is 76.9 Å². The van der Waals surface area contributed by atoms with E-state index in [-0.39, 0.29) is 31.4 Å². The van der Waals surface area contributed by atoms with Crippen molar-refractivity contribution in [3.05, 3.63) is 77.9 Å². The summed E-state index contributed by atoms with van der Waals surface area (Å²) in [5.74, 6) is -0.630. The van der Waals surface area contributed by atoms with Gasteiger partial charge in [0.15, 0.2) is 0 Å². The molecule has 1 heterocycles. The molecule has 0 saturated carbocycles. The summed E-state index contributed by atoms with van der Waals surface area (Å²) in [7, 11) is 0. The fourth-order valence-electron chi connectivity index (χ4n) is 3.54. The molecule has 3 aromatic rings. The molecule has 0 unspecified atom stereocenters. The van der Waals surface area contributed by atoms with Crippen LogP contribution in [0.4, 0.5) is 14.0 Å². The number of ether oxygens (including phenoxy) is 2. The predicted molar refractivity (Wildman–Crippen MR) is 145 cm³/mol. The summed E-state index contributed by atoms with van der Waals surface area (Å²) >= 11 is 0. The normalized spacial score (nSPS) is 11.6. The maximum atomic E-state index is 13.4. The predicted octanol–water partition coefficient (Wildman–Crippen LogP) is 5.64. The molecule has 0 aliphatic rings. The second-order valence-electron chi connectivity index (χ2n) is 11.0. The van der Waals surface area contributed by atoms with Gasteiger partial charge in [-0.2, -0.15) is 9.78 Å². The van der Waals surface area contributed by atoms with Crippen molar-refractivity contribution in [3.8, 4) is 11.1 Å². The molecular weight excluding hydrogens is 503 g/mol. The molecule has 2 aromatic carbocycles. The molecular formula is C29H35FN4O5. The molecule has 39 heavy (non-hydrogen) atoms. The number of rotatable bonds is 7. The number of nitrogens with one attached hydrogen (secondary N) is 1. The van der Waals surface area contributed by atoms with Gasteiger partial charge in [0.2, 0.25) is 0 Å². The molecule has 0 aliphatic heterocycles.